The normalized spacial score (nSPS) is 14.3. The minimum atomic E-state index is -0.283. The summed E-state index contributed by atoms with van der Waals surface area (Å²) in [4.78, 5) is 16.5. The zero-order chi connectivity index (χ0) is 14.3. The van der Waals surface area contributed by atoms with Crippen LogP contribution in [-0.4, -0.2) is 16.0 Å². The molecular formula is C14H13BrN2O2S. The number of aromatic hydroxyl groups is 1. The Hall–Kier alpha value is -1.40. The Morgan fingerprint density at radius 3 is 2.95 bits per heavy atom. The topological polar surface area (TPSA) is 62.2 Å². The average molecular weight is 353 g/mol. The smallest absolute Gasteiger partial charge is 0.284 e. The quantitative estimate of drug-likeness (QED) is 0.819. The highest BCUT2D eigenvalue weighted by atomic mass is 79.9. The van der Waals surface area contributed by atoms with Gasteiger partial charge in [0.1, 0.15) is 0 Å². The van der Waals surface area contributed by atoms with E-state index in [1.54, 1.807) is 12.1 Å². The van der Waals surface area contributed by atoms with Gasteiger partial charge in [-0.15, -0.1) is 11.3 Å². The van der Waals surface area contributed by atoms with Crippen molar-refractivity contribution in [1.29, 1.82) is 0 Å². The molecule has 0 saturated heterocycles. The fourth-order valence-electron chi connectivity index (χ4n) is 1.96. The first-order valence-corrected chi connectivity index (χ1v) is 7.97. The van der Waals surface area contributed by atoms with Crippen molar-refractivity contribution in [2.75, 3.05) is 5.32 Å². The van der Waals surface area contributed by atoms with Crippen molar-refractivity contribution in [3.63, 3.8) is 0 Å². The van der Waals surface area contributed by atoms with E-state index in [9.17, 15) is 9.90 Å². The molecule has 2 N–H and O–H groups in total. The van der Waals surface area contributed by atoms with Gasteiger partial charge in [-0.05, 0) is 53.4 Å². The maximum atomic E-state index is 12.2. The van der Waals surface area contributed by atoms with Crippen LogP contribution in [-0.2, 0) is 0 Å². The highest BCUT2D eigenvalue weighted by Gasteiger charge is 2.27. The molecule has 1 aromatic carbocycles. The van der Waals surface area contributed by atoms with Gasteiger partial charge in [-0.1, -0.05) is 0 Å². The Kier molecular flexibility index (Phi) is 3.52. The number of hydrogen-bond donors (Lipinski definition) is 2. The lowest BCUT2D eigenvalue weighted by Crippen LogP contribution is -2.12. The molecule has 1 amide bonds. The molecule has 0 spiro atoms. The molecular weight excluding hydrogens is 340 g/mol. The Bertz CT molecular complexity index is 680. The Labute approximate surface area is 129 Å². The van der Waals surface area contributed by atoms with Crippen molar-refractivity contribution < 1.29 is 9.90 Å². The van der Waals surface area contributed by atoms with Gasteiger partial charge >= 0.3 is 0 Å². The number of carbonyl (C=O) groups excluding carboxylic acids is 1. The van der Waals surface area contributed by atoms with Crippen LogP contribution in [0.5, 0.6) is 5.75 Å². The number of benzene rings is 1. The summed E-state index contributed by atoms with van der Waals surface area (Å²) >= 11 is 4.60. The molecule has 104 valence electrons. The average Bonchev–Trinajstić information content (AvgIpc) is 3.13. The number of phenolic OH excluding ortho intramolecular Hbond substituents is 1. The molecule has 1 aliphatic carbocycles. The van der Waals surface area contributed by atoms with Crippen LogP contribution in [0.15, 0.2) is 22.0 Å². The van der Waals surface area contributed by atoms with Gasteiger partial charge in [-0.3, -0.25) is 4.79 Å². The number of halogens is 1. The number of aryl methyl sites for hydroxylation is 1. The summed E-state index contributed by atoms with van der Waals surface area (Å²) in [5.74, 6) is 0.284. The van der Waals surface area contributed by atoms with E-state index in [2.05, 4.69) is 26.2 Å². The highest BCUT2D eigenvalue weighted by molar-refractivity contribution is 9.10. The van der Waals surface area contributed by atoms with Crippen molar-refractivity contribution >= 4 is 38.9 Å². The van der Waals surface area contributed by atoms with Gasteiger partial charge in [0.25, 0.3) is 5.91 Å². The van der Waals surface area contributed by atoms with Gasteiger partial charge < -0.3 is 10.4 Å². The lowest BCUT2D eigenvalue weighted by atomic mass is 10.2. The molecule has 0 radical (unpaired) electrons. The summed E-state index contributed by atoms with van der Waals surface area (Å²) in [6, 6.07) is 3.52. The van der Waals surface area contributed by atoms with Crippen LogP contribution < -0.4 is 5.32 Å². The van der Waals surface area contributed by atoms with Crippen molar-refractivity contribution in [1.82, 2.24) is 4.98 Å². The van der Waals surface area contributed by atoms with Gasteiger partial charge in [0.05, 0.1) is 15.9 Å². The summed E-state index contributed by atoms with van der Waals surface area (Å²) in [6.07, 6.45) is 2.33. The summed E-state index contributed by atoms with van der Waals surface area (Å²) < 4.78 is 0.561. The molecule has 1 aliphatic rings. The zero-order valence-corrected chi connectivity index (χ0v) is 13.2. The standard InChI is InChI=1S/C14H13BrN2O2S/c1-7-4-9(15)12(18)10(5-7)16-13(19)14-17-11(6-20-14)8-2-3-8/h4-6,8,18H,2-3H2,1H3,(H,16,19). The van der Waals surface area contributed by atoms with Crippen LogP contribution in [0.3, 0.4) is 0 Å². The number of aromatic nitrogens is 1. The van der Waals surface area contributed by atoms with Crippen molar-refractivity contribution in [3.8, 4) is 5.75 Å². The van der Waals surface area contributed by atoms with Crippen LogP contribution in [0.25, 0.3) is 0 Å². The van der Waals surface area contributed by atoms with Crippen molar-refractivity contribution in [2.45, 2.75) is 25.7 Å². The van der Waals surface area contributed by atoms with Crippen molar-refractivity contribution in [3.05, 3.63) is 38.3 Å². The molecule has 2 aromatic rings. The second kappa shape index (κ2) is 5.18. The molecule has 0 aliphatic heterocycles. The third kappa shape index (κ3) is 2.71. The van der Waals surface area contributed by atoms with E-state index in [0.717, 1.165) is 24.1 Å². The molecule has 0 atom stereocenters. The lowest BCUT2D eigenvalue weighted by molar-refractivity contribution is 0.102. The van der Waals surface area contributed by atoms with Crippen LogP contribution in [0.2, 0.25) is 0 Å². The van der Waals surface area contributed by atoms with E-state index in [-0.39, 0.29) is 11.7 Å². The number of hydrogen-bond acceptors (Lipinski definition) is 4. The second-order valence-corrected chi connectivity index (χ2v) is 6.66. The number of phenols is 1. The third-order valence-corrected chi connectivity index (χ3v) is 4.63. The molecule has 0 bridgehead atoms. The number of carbonyl (C=O) groups is 1. The van der Waals surface area contributed by atoms with Crippen LogP contribution in [0, 0.1) is 6.92 Å². The van der Waals surface area contributed by atoms with Gasteiger partial charge in [0.15, 0.2) is 10.8 Å². The van der Waals surface area contributed by atoms with Crippen LogP contribution in [0.1, 0.15) is 39.8 Å². The number of nitrogens with one attached hydrogen (secondary N) is 1. The molecule has 1 heterocycles. The molecule has 1 saturated carbocycles. The van der Waals surface area contributed by atoms with E-state index in [4.69, 9.17) is 0 Å². The molecule has 6 heteroatoms. The maximum Gasteiger partial charge on any atom is 0.284 e. The van der Waals surface area contributed by atoms with Gasteiger partial charge in [-0.2, -0.15) is 0 Å². The van der Waals surface area contributed by atoms with Gasteiger partial charge in [0.2, 0.25) is 0 Å². The minimum Gasteiger partial charge on any atom is -0.505 e. The highest BCUT2D eigenvalue weighted by Crippen LogP contribution is 2.40. The Morgan fingerprint density at radius 1 is 1.50 bits per heavy atom. The van der Waals surface area contributed by atoms with Crippen molar-refractivity contribution in [2.24, 2.45) is 0 Å². The number of nitrogens with zero attached hydrogens (tertiary/aromatic N) is 1. The van der Waals surface area contributed by atoms with Crippen LogP contribution >= 0.6 is 27.3 Å². The van der Waals surface area contributed by atoms with E-state index in [0.29, 0.717) is 21.1 Å². The predicted molar refractivity (Wildman–Crippen MR) is 82.6 cm³/mol. The Morgan fingerprint density at radius 2 is 2.25 bits per heavy atom. The zero-order valence-electron chi connectivity index (χ0n) is 10.8. The minimum absolute atomic E-state index is 0.0305. The first kappa shape index (κ1) is 13.6. The summed E-state index contributed by atoms with van der Waals surface area (Å²) in [7, 11) is 0. The molecule has 1 aromatic heterocycles. The summed E-state index contributed by atoms with van der Waals surface area (Å²) in [5, 5.41) is 15.0. The number of rotatable bonds is 3. The van der Waals surface area contributed by atoms with Gasteiger partial charge in [0, 0.05) is 11.3 Å². The maximum absolute atomic E-state index is 12.2. The number of thiazole rings is 1. The second-order valence-electron chi connectivity index (χ2n) is 4.95. The number of amides is 1. The molecule has 4 nitrogen and oxygen atoms in total. The summed E-state index contributed by atoms with van der Waals surface area (Å²) in [5.41, 5.74) is 2.35. The van der Waals surface area contributed by atoms with Gasteiger partial charge in [-0.25, -0.2) is 4.98 Å². The van der Waals surface area contributed by atoms with E-state index >= 15 is 0 Å². The summed E-state index contributed by atoms with van der Waals surface area (Å²) in [6.45, 7) is 1.90. The monoisotopic (exact) mass is 352 g/mol. The predicted octanol–water partition coefficient (Wildman–Crippen LogP) is 4.05. The largest absolute Gasteiger partial charge is 0.505 e. The van der Waals surface area contributed by atoms with E-state index < -0.39 is 0 Å². The van der Waals surface area contributed by atoms with E-state index in [1.165, 1.54) is 11.3 Å². The van der Waals surface area contributed by atoms with Crippen LogP contribution in [0.4, 0.5) is 5.69 Å². The fourth-order valence-corrected chi connectivity index (χ4v) is 3.33. The first-order chi connectivity index (χ1) is 9.54. The fraction of sp³-hybridized carbons (Fsp3) is 0.286. The molecule has 20 heavy (non-hydrogen) atoms. The third-order valence-electron chi connectivity index (χ3n) is 3.17. The Balaban J connectivity index is 1.81. The number of anilines is 1. The molecule has 0 unspecified atom stereocenters. The van der Waals surface area contributed by atoms with E-state index in [1.807, 2.05) is 12.3 Å². The lowest BCUT2D eigenvalue weighted by Gasteiger charge is -2.08. The first-order valence-electron chi connectivity index (χ1n) is 6.30. The molecule has 1 fully saturated rings. The SMILES string of the molecule is Cc1cc(Br)c(O)c(NC(=O)c2nc(C3CC3)cs2)c1. The molecule has 3 rings (SSSR count).